The number of oxime groups is 1. The molecule has 0 aromatic heterocycles. The van der Waals surface area contributed by atoms with Crippen LogP contribution in [0.3, 0.4) is 0 Å². The molecule has 1 atom stereocenters. The summed E-state index contributed by atoms with van der Waals surface area (Å²) in [5, 5.41) is 18.7. The second kappa shape index (κ2) is 5.14. The molecule has 3 rings (SSSR count). The van der Waals surface area contributed by atoms with Gasteiger partial charge in [-0.2, -0.15) is 5.10 Å². The Morgan fingerprint density at radius 1 is 1.00 bits per heavy atom. The van der Waals surface area contributed by atoms with E-state index in [4.69, 9.17) is 5.73 Å². The van der Waals surface area contributed by atoms with Crippen molar-refractivity contribution in [3.8, 4) is 0 Å². The van der Waals surface area contributed by atoms with E-state index in [0.29, 0.717) is 11.4 Å². The summed E-state index contributed by atoms with van der Waals surface area (Å²) in [6.07, 6.45) is -0.599. The van der Waals surface area contributed by atoms with Gasteiger partial charge in [-0.05, 0) is 12.1 Å². The second-order valence-corrected chi connectivity index (χ2v) is 4.42. The number of nitrogens with zero attached hydrogens (tertiary/aromatic N) is 3. The van der Waals surface area contributed by atoms with Gasteiger partial charge in [0.15, 0.2) is 0 Å². The SMILES string of the molecule is NC1/C(=N\O)C(c2ccccc2)=NN1c1ccccc1. The predicted octanol–water partition coefficient (Wildman–Crippen LogP) is 2.03. The Bertz CT molecular complexity index is 652. The van der Waals surface area contributed by atoms with Crippen LogP contribution in [0, 0.1) is 0 Å². The molecular weight excluding hydrogens is 252 g/mol. The highest BCUT2D eigenvalue weighted by Gasteiger charge is 2.33. The maximum atomic E-state index is 9.23. The summed E-state index contributed by atoms with van der Waals surface area (Å²) in [7, 11) is 0. The van der Waals surface area contributed by atoms with Crippen molar-refractivity contribution in [2.75, 3.05) is 5.01 Å². The summed E-state index contributed by atoms with van der Waals surface area (Å²) in [4.78, 5) is 0. The van der Waals surface area contributed by atoms with Gasteiger partial charge in [0.05, 0.1) is 5.69 Å². The van der Waals surface area contributed by atoms with Crippen LogP contribution >= 0.6 is 0 Å². The van der Waals surface area contributed by atoms with Crippen molar-refractivity contribution in [1.29, 1.82) is 0 Å². The summed E-state index contributed by atoms with van der Waals surface area (Å²) >= 11 is 0. The molecule has 1 unspecified atom stereocenters. The fourth-order valence-electron chi connectivity index (χ4n) is 2.18. The minimum atomic E-state index is -0.599. The number of hydrazone groups is 1. The molecule has 0 amide bonds. The van der Waals surface area contributed by atoms with Crippen LogP contribution in [0.15, 0.2) is 70.9 Å². The molecule has 0 saturated heterocycles. The van der Waals surface area contributed by atoms with Gasteiger partial charge in [-0.25, -0.2) is 5.01 Å². The highest BCUT2D eigenvalue weighted by atomic mass is 16.4. The molecule has 0 fully saturated rings. The van der Waals surface area contributed by atoms with E-state index in [-0.39, 0.29) is 0 Å². The molecule has 1 aliphatic heterocycles. The van der Waals surface area contributed by atoms with Crippen molar-refractivity contribution in [2.45, 2.75) is 6.17 Å². The summed E-state index contributed by atoms with van der Waals surface area (Å²) in [6, 6.07) is 19.1. The highest BCUT2D eigenvalue weighted by molar-refractivity contribution is 6.51. The summed E-state index contributed by atoms with van der Waals surface area (Å²) in [5.41, 5.74) is 8.79. The number of para-hydroxylation sites is 1. The Morgan fingerprint density at radius 3 is 2.20 bits per heavy atom. The first kappa shape index (κ1) is 12.4. The van der Waals surface area contributed by atoms with E-state index in [2.05, 4.69) is 10.3 Å². The lowest BCUT2D eigenvalue weighted by Crippen LogP contribution is -2.41. The second-order valence-electron chi connectivity index (χ2n) is 4.42. The van der Waals surface area contributed by atoms with Crippen molar-refractivity contribution in [3.63, 3.8) is 0 Å². The van der Waals surface area contributed by atoms with Crippen LogP contribution in [0.1, 0.15) is 5.56 Å². The molecule has 20 heavy (non-hydrogen) atoms. The largest absolute Gasteiger partial charge is 0.410 e. The Hall–Kier alpha value is -2.66. The third-order valence-electron chi connectivity index (χ3n) is 3.17. The monoisotopic (exact) mass is 266 g/mol. The summed E-state index contributed by atoms with van der Waals surface area (Å²) in [5.74, 6) is 0. The maximum absolute atomic E-state index is 9.23. The van der Waals surface area contributed by atoms with Crippen LogP contribution in [0.4, 0.5) is 5.69 Å². The Balaban J connectivity index is 2.05. The molecule has 0 aliphatic carbocycles. The lowest BCUT2D eigenvalue weighted by molar-refractivity contribution is 0.318. The van der Waals surface area contributed by atoms with Gasteiger partial charge >= 0.3 is 0 Å². The van der Waals surface area contributed by atoms with E-state index in [0.717, 1.165) is 11.3 Å². The first-order valence-electron chi connectivity index (χ1n) is 6.27. The van der Waals surface area contributed by atoms with Crippen molar-refractivity contribution in [2.24, 2.45) is 16.0 Å². The van der Waals surface area contributed by atoms with Crippen LogP contribution in [0.2, 0.25) is 0 Å². The zero-order chi connectivity index (χ0) is 13.9. The number of anilines is 1. The van der Waals surface area contributed by atoms with E-state index in [1.165, 1.54) is 0 Å². The van der Waals surface area contributed by atoms with Crippen LogP contribution < -0.4 is 10.7 Å². The van der Waals surface area contributed by atoms with Crippen molar-refractivity contribution >= 4 is 17.1 Å². The van der Waals surface area contributed by atoms with Crippen LogP contribution in [-0.2, 0) is 0 Å². The van der Waals surface area contributed by atoms with Crippen molar-refractivity contribution in [3.05, 3.63) is 66.2 Å². The van der Waals surface area contributed by atoms with Gasteiger partial charge < -0.3 is 10.9 Å². The van der Waals surface area contributed by atoms with Crippen molar-refractivity contribution in [1.82, 2.24) is 0 Å². The van der Waals surface area contributed by atoms with E-state index >= 15 is 0 Å². The molecule has 0 radical (unpaired) electrons. The number of hydrogen-bond donors (Lipinski definition) is 2. The molecule has 3 N–H and O–H groups in total. The fraction of sp³-hybridized carbons (Fsp3) is 0.0667. The third-order valence-corrected chi connectivity index (χ3v) is 3.17. The molecule has 1 heterocycles. The molecule has 100 valence electrons. The first-order valence-corrected chi connectivity index (χ1v) is 6.27. The Morgan fingerprint density at radius 2 is 1.60 bits per heavy atom. The molecule has 5 heteroatoms. The lowest BCUT2D eigenvalue weighted by atomic mass is 10.1. The van der Waals surface area contributed by atoms with Crippen LogP contribution in [0.25, 0.3) is 0 Å². The van der Waals surface area contributed by atoms with Gasteiger partial charge in [0.2, 0.25) is 0 Å². The maximum Gasteiger partial charge on any atom is 0.148 e. The molecular formula is C15H14N4O. The third kappa shape index (κ3) is 2.04. The molecule has 0 spiro atoms. The van der Waals surface area contributed by atoms with Crippen LogP contribution in [0.5, 0.6) is 0 Å². The molecule has 0 saturated carbocycles. The fourth-order valence-corrected chi connectivity index (χ4v) is 2.18. The van der Waals surface area contributed by atoms with Gasteiger partial charge in [0.1, 0.15) is 17.6 Å². The predicted molar refractivity (Wildman–Crippen MR) is 79.1 cm³/mol. The number of hydrogen-bond acceptors (Lipinski definition) is 5. The standard InChI is InChI=1S/C15H14N4O/c16-15-14(18-20)13(11-7-3-1-4-8-11)17-19(15)12-9-5-2-6-10-12/h1-10,15,20H,16H2/b18-14-. The zero-order valence-electron chi connectivity index (χ0n) is 10.7. The zero-order valence-corrected chi connectivity index (χ0v) is 10.7. The topological polar surface area (TPSA) is 74.2 Å². The summed E-state index contributed by atoms with van der Waals surface area (Å²) < 4.78 is 0. The average molecular weight is 266 g/mol. The van der Waals surface area contributed by atoms with Gasteiger partial charge in [-0.3, -0.25) is 0 Å². The minimum Gasteiger partial charge on any atom is -0.410 e. The van der Waals surface area contributed by atoms with Gasteiger partial charge in [-0.1, -0.05) is 53.7 Å². The smallest absolute Gasteiger partial charge is 0.148 e. The Labute approximate surface area is 116 Å². The van der Waals surface area contributed by atoms with E-state index < -0.39 is 6.17 Å². The van der Waals surface area contributed by atoms with Crippen molar-refractivity contribution < 1.29 is 5.21 Å². The van der Waals surface area contributed by atoms with Gasteiger partial charge in [0.25, 0.3) is 0 Å². The van der Waals surface area contributed by atoms with E-state index in [9.17, 15) is 5.21 Å². The van der Waals surface area contributed by atoms with Gasteiger partial charge in [0, 0.05) is 5.56 Å². The Kier molecular flexibility index (Phi) is 3.18. The normalized spacial score (nSPS) is 20.2. The quantitative estimate of drug-likeness (QED) is 0.645. The molecule has 5 nitrogen and oxygen atoms in total. The molecule has 2 aromatic carbocycles. The van der Waals surface area contributed by atoms with E-state index in [1.807, 2.05) is 60.7 Å². The first-order chi connectivity index (χ1) is 9.81. The van der Waals surface area contributed by atoms with E-state index in [1.54, 1.807) is 5.01 Å². The highest BCUT2D eigenvalue weighted by Crippen LogP contribution is 2.22. The number of benzene rings is 2. The number of rotatable bonds is 2. The molecule has 0 bridgehead atoms. The lowest BCUT2D eigenvalue weighted by Gasteiger charge is -2.19. The molecule has 2 aromatic rings. The molecule has 1 aliphatic rings. The van der Waals surface area contributed by atoms with Gasteiger partial charge in [-0.15, -0.1) is 0 Å². The van der Waals surface area contributed by atoms with Crippen LogP contribution in [-0.4, -0.2) is 22.8 Å². The average Bonchev–Trinajstić information content (AvgIpc) is 2.86. The number of nitrogens with two attached hydrogens (primary N) is 1. The summed E-state index contributed by atoms with van der Waals surface area (Å²) in [6.45, 7) is 0. The minimum absolute atomic E-state index is 0.361.